The van der Waals surface area contributed by atoms with Crippen LogP contribution in [0.25, 0.3) is 93.4 Å². The minimum atomic E-state index is -0.326. The summed E-state index contributed by atoms with van der Waals surface area (Å²) in [6.45, 7) is 0. The van der Waals surface area contributed by atoms with Crippen molar-refractivity contribution in [3.63, 3.8) is 0 Å². The van der Waals surface area contributed by atoms with Gasteiger partial charge in [0.1, 0.15) is 0 Å². The molecule has 0 atom stereocenters. The first-order valence-corrected chi connectivity index (χ1v) is 17.5. The zero-order valence-corrected chi connectivity index (χ0v) is 26.2. The number of halogens is 1. The second-order valence-corrected chi connectivity index (χ2v) is 14.8. The molecule has 3 heteroatoms. The summed E-state index contributed by atoms with van der Waals surface area (Å²) in [7, 11) is 0. The molecular weight excluding hydrogens is 661 g/mol. The first-order chi connectivity index (χ1) is 22.3. The number of aromatic nitrogens is 1. The van der Waals surface area contributed by atoms with E-state index in [1.807, 2.05) is 0 Å². The molecule has 2 nitrogen and oxygen atoms in total. The second-order valence-electron chi connectivity index (χ2n) is 12.0. The van der Waals surface area contributed by atoms with Crippen molar-refractivity contribution in [3.05, 3.63) is 147 Å². The predicted molar refractivity (Wildman–Crippen MR) is 182 cm³/mol. The SMILES string of the molecule is c1ccc(-c2cccc(-c3cc4c5ccc6c(c5n5c4c(c3)c3ccc4c7ccccc7oc4c35)[I-]c3ccccc3-6)c2)cc1. The molecule has 0 saturated heterocycles. The number of hydrogen-bond acceptors (Lipinski definition) is 1. The molecule has 0 radical (unpaired) electrons. The molecule has 0 bridgehead atoms. The summed E-state index contributed by atoms with van der Waals surface area (Å²) in [4.78, 5) is 0. The van der Waals surface area contributed by atoms with E-state index in [9.17, 15) is 0 Å². The van der Waals surface area contributed by atoms with Crippen molar-refractivity contribution in [1.29, 1.82) is 0 Å². The molecule has 0 fully saturated rings. The molecule has 3 aromatic heterocycles. The third-order valence-corrected chi connectivity index (χ3v) is 12.8. The maximum absolute atomic E-state index is 6.72. The van der Waals surface area contributed by atoms with E-state index >= 15 is 0 Å². The van der Waals surface area contributed by atoms with Gasteiger partial charge in [-0.2, -0.15) is 0 Å². The van der Waals surface area contributed by atoms with Gasteiger partial charge in [0, 0.05) is 0 Å². The average Bonchev–Trinajstić information content (AvgIpc) is 3.84. The zero-order chi connectivity index (χ0) is 29.2. The molecule has 0 aliphatic carbocycles. The van der Waals surface area contributed by atoms with E-state index in [2.05, 4.69) is 144 Å². The number of para-hydroxylation sites is 1. The summed E-state index contributed by atoms with van der Waals surface area (Å²) in [6.07, 6.45) is 0. The third kappa shape index (κ3) is 3.18. The summed E-state index contributed by atoms with van der Waals surface area (Å²) in [6, 6.07) is 51.2. The van der Waals surface area contributed by atoms with Crippen LogP contribution in [0.5, 0.6) is 0 Å². The van der Waals surface area contributed by atoms with Crippen LogP contribution in [0.4, 0.5) is 0 Å². The first kappa shape index (κ1) is 24.2. The second kappa shape index (κ2) is 8.74. The van der Waals surface area contributed by atoms with Crippen molar-refractivity contribution < 1.29 is 25.6 Å². The standard InChI is InChI=1S/C42H23INO/c1-2-9-24(10-3-1)25-11-8-12-26(21-25)27-22-34-31-18-17-30-28-13-4-6-15-36(28)43-38(30)40(31)44-39(34)35(23-27)32-19-20-33-29-14-5-7-16-37(29)45-42(33)41(32)44/h1-23H/q-1. The van der Waals surface area contributed by atoms with E-state index in [4.69, 9.17) is 4.42 Å². The Balaban J connectivity index is 1.30. The van der Waals surface area contributed by atoms with E-state index in [0.29, 0.717) is 0 Å². The van der Waals surface area contributed by atoms with Crippen LogP contribution in [0.2, 0.25) is 0 Å². The Morgan fingerprint density at radius 3 is 2.00 bits per heavy atom. The topological polar surface area (TPSA) is 17.6 Å². The quantitative estimate of drug-likeness (QED) is 0.168. The van der Waals surface area contributed by atoms with E-state index in [0.717, 1.165) is 11.2 Å². The van der Waals surface area contributed by atoms with Crippen molar-refractivity contribution in [2.24, 2.45) is 0 Å². The Hall–Kier alpha value is -5.13. The Morgan fingerprint density at radius 1 is 0.422 bits per heavy atom. The Labute approximate surface area is 268 Å². The molecule has 0 N–H and O–H groups in total. The van der Waals surface area contributed by atoms with E-state index in [1.165, 1.54) is 89.4 Å². The van der Waals surface area contributed by atoms with E-state index < -0.39 is 0 Å². The maximum atomic E-state index is 6.72. The summed E-state index contributed by atoms with van der Waals surface area (Å²) < 4.78 is 12.3. The van der Waals surface area contributed by atoms with Crippen LogP contribution in [0.15, 0.2) is 144 Å². The monoisotopic (exact) mass is 684 g/mol. The molecule has 0 unspecified atom stereocenters. The van der Waals surface area contributed by atoms with Crippen LogP contribution in [-0.4, -0.2) is 4.40 Å². The van der Waals surface area contributed by atoms with E-state index in [-0.39, 0.29) is 21.2 Å². The molecule has 45 heavy (non-hydrogen) atoms. The summed E-state index contributed by atoms with van der Waals surface area (Å²) in [5.74, 6) is 0. The van der Waals surface area contributed by atoms with Gasteiger partial charge in [-0.1, -0.05) is 6.07 Å². The van der Waals surface area contributed by atoms with Gasteiger partial charge in [0.15, 0.2) is 0 Å². The van der Waals surface area contributed by atoms with Crippen molar-refractivity contribution >= 4 is 60.0 Å². The van der Waals surface area contributed by atoms with Gasteiger partial charge in [0.05, 0.1) is 0 Å². The molecule has 10 aromatic rings. The van der Waals surface area contributed by atoms with Crippen LogP contribution in [-0.2, 0) is 0 Å². The van der Waals surface area contributed by atoms with Crippen molar-refractivity contribution in [1.82, 2.24) is 4.40 Å². The fourth-order valence-electron chi connectivity index (χ4n) is 7.68. The number of nitrogens with zero attached hydrogens (tertiary/aromatic N) is 1. The minimum absolute atomic E-state index is 0.326. The molecule has 4 heterocycles. The van der Waals surface area contributed by atoms with Gasteiger partial charge in [0.25, 0.3) is 0 Å². The Kier molecular flexibility index (Phi) is 4.70. The number of rotatable bonds is 2. The van der Waals surface area contributed by atoms with E-state index in [1.54, 1.807) is 0 Å². The molecule has 11 rings (SSSR count). The predicted octanol–water partition coefficient (Wildman–Crippen LogP) is 8.18. The average molecular weight is 685 g/mol. The fourth-order valence-corrected chi connectivity index (χ4v) is 11.0. The number of hydrogen-bond donors (Lipinski definition) is 0. The Bertz CT molecular complexity index is 2840. The first-order valence-electron chi connectivity index (χ1n) is 15.3. The van der Waals surface area contributed by atoms with Gasteiger partial charge in [-0.05, 0) is 0 Å². The number of benzene rings is 7. The van der Waals surface area contributed by atoms with Crippen LogP contribution >= 0.6 is 0 Å². The molecule has 1 aliphatic rings. The molecule has 0 spiro atoms. The normalized spacial score (nSPS) is 13.0. The van der Waals surface area contributed by atoms with Crippen LogP contribution in [0.1, 0.15) is 0 Å². The molecule has 0 amide bonds. The van der Waals surface area contributed by atoms with Gasteiger partial charge in [-0.15, -0.1) is 0 Å². The zero-order valence-electron chi connectivity index (χ0n) is 24.0. The van der Waals surface area contributed by atoms with Crippen molar-refractivity contribution in [2.45, 2.75) is 0 Å². The fraction of sp³-hybridized carbons (Fsp3) is 0. The molecule has 1 aliphatic heterocycles. The van der Waals surface area contributed by atoms with Gasteiger partial charge < -0.3 is 0 Å². The Morgan fingerprint density at radius 2 is 1.11 bits per heavy atom. The molecule has 7 aromatic carbocycles. The molecular formula is C42H23INO-. The van der Waals surface area contributed by atoms with Gasteiger partial charge in [-0.3, -0.25) is 0 Å². The van der Waals surface area contributed by atoms with Crippen LogP contribution in [0, 0.1) is 7.14 Å². The molecule has 210 valence electrons. The molecule has 0 saturated carbocycles. The van der Waals surface area contributed by atoms with Gasteiger partial charge >= 0.3 is 264 Å². The van der Waals surface area contributed by atoms with Gasteiger partial charge in [0.2, 0.25) is 0 Å². The van der Waals surface area contributed by atoms with Crippen LogP contribution < -0.4 is 21.2 Å². The van der Waals surface area contributed by atoms with Crippen molar-refractivity contribution in [3.8, 4) is 33.4 Å². The van der Waals surface area contributed by atoms with Crippen molar-refractivity contribution in [2.75, 3.05) is 0 Å². The number of furan rings is 1. The third-order valence-electron chi connectivity index (χ3n) is 9.66. The van der Waals surface area contributed by atoms with Gasteiger partial charge in [-0.25, -0.2) is 0 Å². The van der Waals surface area contributed by atoms with Crippen LogP contribution in [0.3, 0.4) is 0 Å². The number of fused-ring (bicyclic) bond motifs is 14. The summed E-state index contributed by atoms with van der Waals surface area (Å²) in [5, 5.41) is 7.51. The summed E-state index contributed by atoms with van der Waals surface area (Å²) >= 11 is -0.326. The summed E-state index contributed by atoms with van der Waals surface area (Å²) in [5.41, 5.74) is 13.5.